The lowest BCUT2D eigenvalue weighted by molar-refractivity contribution is -0.268. The predicted molar refractivity (Wildman–Crippen MR) is 193 cm³/mol. The van der Waals surface area contributed by atoms with Gasteiger partial charge in [0.1, 0.15) is 36.3 Å². The van der Waals surface area contributed by atoms with Crippen molar-refractivity contribution in [3.63, 3.8) is 0 Å². The van der Waals surface area contributed by atoms with Crippen LogP contribution in [0, 0.1) is 0 Å². The molecule has 0 aliphatic carbocycles. The van der Waals surface area contributed by atoms with Gasteiger partial charge >= 0.3 is 0 Å². The summed E-state index contributed by atoms with van der Waals surface area (Å²) in [4.78, 5) is 13.1. The van der Waals surface area contributed by atoms with Crippen molar-refractivity contribution in [3.8, 4) is 5.75 Å². The smallest absolute Gasteiger partial charge is 0.255 e. The molecular weight excluding hydrogens is 626 g/mol. The number of thiophene rings is 1. The minimum Gasteiger partial charge on any atom is -0.483 e. The number of nitrogens with two attached hydrogens (primary N) is 1. The molecule has 48 heavy (non-hydrogen) atoms. The van der Waals surface area contributed by atoms with E-state index in [9.17, 15) is 4.79 Å². The Kier molecular flexibility index (Phi) is 16.6. The van der Waals surface area contributed by atoms with Gasteiger partial charge in [0.2, 0.25) is 0 Å². The van der Waals surface area contributed by atoms with Crippen LogP contribution in [0.5, 0.6) is 5.75 Å². The van der Waals surface area contributed by atoms with Crippen molar-refractivity contribution in [1.82, 2.24) is 0 Å². The standard InChI is InChI=1S/C39H57NO7S/c1-5-9-19-42-26-33-37(43-20-10-6-2)39(45-22-12-8-4)38(44-21-11-7-3)36(47-33)31-24-28(17-18-32(31)46-27-35(40)41)23-30-25-29-15-13-14-16-34(29)48-30/h13-18,24-25,33,36-39H,5-12,19-23,26-27H2,1-4H3,(H2,40,41)/t33-,36+,37-,38+,39+/m1/s1. The van der Waals surface area contributed by atoms with Crippen molar-refractivity contribution in [2.75, 3.05) is 39.6 Å². The summed E-state index contributed by atoms with van der Waals surface area (Å²) in [7, 11) is 0. The minimum absolute atomic E-state index is 0.237. The molecule has 1 saturated heterocycles. The van der Waals surface area contributed by atoms with Gasteiger partial charge in [0.05, 0.1) is 6.61 Å². The molecule has 5 atom stereocenters. The maximum atomic E-state index is 11.9. The summed E-state index contributed by atoms with van der Waals surface area (Å²) in [6.07, 6.45) is 6.43. The van der Waals surface area contributed by atoms with Crippen LogP contribution < -0.4 is 10.5 Å². The molecule has 0 bridgehead atoms. The normalized spacial score (nSPS) is 21.1. The molecule has 0 spiro atoms. The molecule has 2 heterocycles. The van der Waals surface area contributed by atoms with Gasteiger partial charge < -0.3 is 34.2 Å². The number of hydrogen-bond acceptors (Lipinski definition) is 8. The molecule has 4 rings (SSSR count). The monoisotopic (exact) mass is 683 g/mol. The highest BCUT2D eigenvalue weighted by molar-refractivity contribution is 7.19. The lowest BCUT2D eigenvalue weighted by Gasteiger charge is -2.46. The molecule has 8 nitrogen and oxygen atoms in total. The molecule has 2 N–H and O–H groups in total. The fourth-order valence-corrected chi connectivity index (χ4v) is 7.04. The first kappa shape index (κ1) is 38.3. The SMILES string of the molecule is CCCCOC[C@H]1O[C@@H](c2cc(Cc3cc4ccccc4s3)ccc2OCC(N)=O)[C@H](OCCCC)[C@@H](OCCCC)[C@@H]1OCCCC. The zero-order valence-electron chi connectivity index (χ0n) is 29.5. The highest BCUT2D eigenvalue weighted by atomic mass is 32.1. The summed E-state index contributed by atoms with van der Waals surface area (Å²) in [6.45, 7) is 11.2. The number of amides is 1. The van der Waals surface area contributed by atoms with Gasteiger partial charge in [-0.1, -0.05) is 77.6 Å². The molecule has 1 aromatic heterocycles. The molecule has 1 fully saturated rings. The molecule has 1 aliphatic heterocycles. The Balaban J connectivity index is 1.76. The van der Waals surface area contributed by atoms with E-state index in [1.54, 1.807) is 11.3 Å². The van der Waals surface area contributed by atoms with Crippen LogP contribution in [0.1, 0.15) is 101 Å². The number of unbranched alkanes of at least 4 members (excludes halogenated alkanes) is 4. The van der Waals surface area contributed by atoms with E-state index in [0.717, 1.165) is 68.9 Å². The van der Waals surface area contributed by atoms with Crippen LogP contribution in [-0.2, 0) is 34.9 Å². The summed E-state index contributed by atoms with van der Waals surface area (Å²) in [5.74, 6) is 0.00858. The highest BCUT2D eigenvalue weighted by Crippen LogP contribution is 2.42. The Morgan fingerprint density at radius 3 is 2.10 bits per heavy atom. The Bertz CT molecular complexity index is 1330. The van der Waals surface area contributed by atoms with E-state index < -0.39 is 24.2 Å². The molecule has 0 saturated carbocycles. The first-order chi connectivity index (χ1) is 23.5. The van der Waals surface area contributed by atoms with Gasteiger partial charge in [-0.2, -0.15) is 0 Å². The Hall–Kier alpha value is -2.53. The first-order valence-electron chi connectivity index (χ1n) is 18.1. The topological polar surface area (TPSA) is 98.5 Å². The second kappa shape index (κ2) is 20.9. The van der Waals surface area contributed by atoms with Gasteiger partial charge in [0, 0.05) is 48.0 Å². The molecule has 2 aromatic carbocycles. The van der Waals surface area contributed by atoms with Crippen molar-refractivity contribution < 1.29 is 33.2 Å². The molecular formula is C39H57NO7S. The van der Waals surface area contributed by atoms with E-state index in [0.29, 0.717) is 38.8 Å². The van der Waals surface area contributed by atoms with Crippen LogP contribution in [0.2, 0.25) is 0 Å². The Morgan fingerprint density at radius 2 is 1.44 bits per heavy atom. The zero-order valence-corrected chi connectivity index (χ0v) is 30.3. The summed E-state index contributed by atoms with van der Waals surface area (Å²) in [6, 6.07) is 16.8. The maximum Gasteiger partial charge on any atom is 0.255 e. The van der Waals surface area contributed by atoms with Crippen molar-refractivity contribution in [1.29, 1.82) is 0 Å². The fraction of sp³-hybridized carbons (Fsp3) is 0.615. The number of rotatable bonds is 23. The molecule has 3 aromatic rings. The zero-order chi connectivity index (χ0) is 34.1. The minimum atomic E-state index is -0.551. The van der Waals surface area contributed by atoms with Gasteiger partial charge in [-0.3, -0.25) is 4.79 Å². The number of fused-ring (bicyclic) bond motifs is 1. The van der Waals surface area contributed by atoms with Gasteiger partial charge in [-0.15, -0.1) is 11.3 Å². The summed E-state index contributed by atoms with van der Waals surface area (Å²) < 4.78 is 40.6. The predicted octanol–water partition coefficient (Wildman–Crippen LogP) is 8.17. The van der Waals surface area contributed by atoms with Crippen molar-refractivity contribution in [2.24, 2.45) is 5.73 Å². The van der Waals surface area contributed by atoms with Crippen LogP contribution in [0.3, 0.4) is 0 Å². The Morgan fingerprint density at radius 1 is 0.792 bits per heavy atom. The van der Waals surface area contributed by atoms with Crippen molar-refractivity contribution in [3.05, 3.63) is 64.5 Å². The van der Waals surface area contributed by atoms with Crippen LogP contribution >= 0.6 is 11.3 Å². The van der Waals surface area contributed by atoms with Crippen molar-refractivity contribution in [2.45, 2.75) is 116 Å². The summed E-state index contributed by atoms with van der Waals surface area (Å²) in [5, 5.41) is 1.24. The lowest BCUT2D eigenvalue weighted by atomic mass is 9.89. The molecule has 266 valence electrons. The molecule has 0 unspecified atom stereocenters. The summed E-state index contributed by atoms with van der Waals surface area (Å²) >= 11 is 1.80. The summed E-state index contributed by atoms with van der Waals surface area (Å²) in [5.41, 5.74) is 7.46. The van der Waals surface area contributed by atoms with E-state index in [-0.39, 0.29) is 18.8 Å². The molecule has 0 radical (unpaired) electrons. The maximum absolute atomic E-state index is 11.9. The molecule has 9 heteroatoms. The van der Waals surface area contributed by atoms with Crippen LogP contribution in [0.4, 0.5) is 0 Å². The first-order valence-corrected chi connectivity index (χ1v) is 18.9. The largest absolute Gasteiger partial charge is 0.483 e. The van der Waals surface area contributed by atoms with E-state index in [1.165, 1.54) is 15.0 Å². The number of hydrogen-bond donors (Lipinski definition) is 1. The number of ether oxygens (including phenoxy) is 6. The number of benzene rings is 2. The molecule has 1 amide bonds. The lowest BCUT2D eigenvalue weighted by Crippen LogP contribution is -2.58. The van der Waals surface area contributed by atoms with E-state index >= 15 is 0 Å². The third kappa shape index (κ3) is 11.3. The van der Waals surface area contributed by atoms with E-state index in [2.05, 4.69) is 70.2 Å². The highest BCUT2D eigenvalue weighted by Gasteiger charge is 2.49. The average molecular weight is 684 g/mol. The van der Waals surface area contributed by atoms with Gasteiger partial charge in [0.15, 0.2) is 6.61 Å². The van der Waals surface area contributed by atoms with Crippen LogP contribution in [0.25, 0.3) is 10.1 Å². The quantitative estimate of drug-likeness (QED) is 0.101. The number of carbonyl (C=O) groups excluding carboxylic acids is 1. The van der Waals surface area contributed by atoms with Gasteiger partial charge in [-0.05, 0) is 60.9 Å². The third-order valence-corrected chi connectivity index (χ3v) is 9.70. The van der Waals surface area contributed by atoms with Gasteiger partial charge in [0.25, 0.3) is 5.91 Å². The van der Waals surface area contributed by atoms with Crippen molar-refractivity contribution >= 4 is 27.3 Å². The third-order valence-electron chi connectivity index (χ3n) is 8.59. The second-order valence-electron chi connectivity index (χ2n) is 12.6. The number of carbonyl (C=O) groups is 1. The van der Waals surface area contributed by atoms with Crippen LogP contribution in [0.15, 0.2) is 48.5 Å². The van der Waals surface area contributed by atoms with Gasteiger partial charge in [-0.25, -0.2) is 0 Å². The Labute approximate surface area is 291 Å². The molecule has 1 aliphatic rings. The van der Waals surface area contributed by atoms with Crippen LogP contribution in [-0.4, -0.2) is 70.0 Å². The fourth-order valence-electron chi connectivity index (χ4n) is 5.95. The second-order valence-corrected chi connectivity index (χ2v) is 13.8. The number of primary amides is 1. The van der Waals surface area contributed by atoms with E-state index in [4.69, 9.17) is 34.2 Å². The average Bonchev–Trinajstić information content (AvgIpc) is 3.50. The van der Waals surface area contributed by atoms with E-state index in [1.807, 2.05) is 6.07 Å².